The molecule has 0 fully saturated rings. The van der Waals surface area contributed by atoms with Gasteiger partial charge in [0.2, 0.25) is 10.0 Å². The standard InChI is InChI=1S/C15H22N6O3S/c1-9(2)14-17-15-11(5-4-6-21(15)18-14)19-25(23,24)10-7-12(13(16)22)20(3)8-10/h7-9,11,19H,4-6H2,1-3H3,(H2,16,22)/t11-/m1/s1. The molecular weight excluding hydrogens is 344 g/mol. The number of aromatic nitrogens is 4. The molecule has 0 unspecified atom stereocenters. The zero-order chi connectivity index (χ0) is 18.4. The normalized spacial score (nSPS) is 17.7. The number of carbonyl (C=O) groups excluding carboxylic acids is 1. The first-order valence-electron chi connectivity index (χ1n) is 8.12. The molecule has 3 N–H and O–H groups in total. The van der Waals surface area contributed by atoms with Gasteiger partial charge in [0.15, 0.2) is 5.82 Å². The summed E-state index contributed by atoms with van der Waals surface area (Å²) in [7, 11) is -2.23. The quantitative estimate of drug-likeness (QED) is 0.804. The van der Waals surface area contributed by atoms with Crippen molar-refractivity contribution in [3.05, 3.63) is 29.6 Å². The molecule has 3 heterocycles. The second-order valence-corrected chi connectivity index (χ2v) is 8.27. The molecule has 0 saturated heterocycles. The molecule has 9 nitrogen and oxygen atoms in total. The minimum atomic E-state index is -3.81. The first kappa shape index (κ1) is 17.6. The van der Waals surface area contributed by atoms with Crippen LogP contribution in [0.15, 0.2) is 17.2 Å². The summed E-state index contributed by atoms with van der Waals surface area (Å²) < 4.78 is 31.3. The van der Waals surface area contributed by atoms with Crippen molar-refractivity contribution in [1.82, 2.24) is 24.1 Å². The number of amides is 1. The number of fused-ring (bicyclic) bond motifs is 1. The van der Waals surface area contributed by atoms with Gasteiger partial charge in [-0.05, 0) is 18.9 Å². The number of nitrogens with zero attached hydrogens (tertiary/aromatic N) is 4. The van der Waals surface area contributed by atoms with Crippen molar-refractivity contribution < 1.29 is 13.2 Å². The molecule has 1 amide bonds. The first-order valence-corrected chi connectivity index (χ1v) is 9.60. The third kappa shape index (κ3) is 3.31. The summed E-state index contributed by atoms with van der Waals surface area (Å²) in [6.07, 6.45) is 2.82. The summed E-state index contributed by atoms with van der Waals surface area (Å²) in [6.45, 7) is 4.72. The Kier molecular flexibility index (Phi) is 4.41. The predicted molar refractivity (Wildman–Crippen MR) is 90.3 cm³/mol. The fourth-order valence-electron chi connectivity index (χ4n) is 2.91. The molecule has 10 heteroatoms. The van der Waals surface area contributed by atoms with Crippen LogP contribution in [0.4, 0.5) is 0 Å². The number of hydrogen-bond acceptors (Lipinski definition) is 5. The van der Waals surface area contributed by atoms with Gasteiger partial charge in [-0.3, -0.25) is 4.79 Å². The highest BCUT2D eigenvalue weighted by atomic mass is 32.2. The van der Waals surface area contributed by atoms with Crippen LogP contribution >= 0.6 is 0 Å². The Hall–Kier alpha value is -2.20. The van der Waals surface area contributed by atoms with Gasteiger partial charge in [0, 0.05) is 25.7 Å². The SMILES string of the molecule is CC(C)c1nc2n(n1)CCC[C@H]2NS(=O)(=O)c1cc(C(N)=O)n(C)c1. The number of sulfonamides is 1. The lowest BCUT2D eigenvalue weighted by molar-refractivity contribution is 0.0992. The van der Waals surface area contributed by atoms with Crippen molar-refractivity contribution in [3.8, 4) is 0 Å². The zero-order valence-electron chi connectivity index (χ0n) is 14.4. The van der Waals surface area contributed by atoms with Crippen molar-refractivity contribution in [2.45, 2.75) is 50.1 Å². The highest BCUT2D eigenvalue weighted by Crippen LogP contribution is 2.27. The number of nitrogens with two attached hydrogens (primary N) is 1. The van der Waals surface area contributed by atoms with Crippen LogP contribution in [0.5, 0.6) is 0 Å². The lowest BCUT2D eigenvalue weighted by Gasteiger charge is -2.22. The number of aryl methyl sites for hydroxylation is 2. The van der Waals surface area contributed by atoms with Gasteiger partial charge in [-0.2, -0.15) is 5.10 Å². The van der Waals surface area contributed by atoms with Crippen LogP contribution in [0.1, 0.15) is 60.8 Å². The Labute approximate surface area is 146 Å². The van der Waals surface area contributed by atoms with E-state index in [-0.39, 0.29) is 16.5 Å². The largest absolute Gasteiger partial charge is 0.364 e. The highest BCUT2D eigenvalue weighted by molar-refractivity contribution is 7.89. The summed E-state index contributed by atoms with van der Waals surface area (Å²) in [5.74, 6) is 0.826. The molecule has 1 atom stereocenters. The molecule has 1 aliphatic rings. The maximum atomic E-state index is 12.7. The Morgan fingerprint density at radius 3 is 2.76 bits per heavy atom. The third-order valence-electron chi connectivity index (χ3n) is 4.25. The van der Waals surface area contributed by atoms with Crippen LogP contribution in [0.25, 0.3) is 0 Å². The van der Waals surface area contributed by atoms with Crippen molar-refractivity contribution in [2.75, 3.05) is 0 Å². The molecule has 25 heavy (non-hydrogen) atoms. The van der Waals surface area contributed by atoms with Crippen LogP contribution in [0.2, 0.25) is 0 Å². The van der Waals surface area contributed by atoms with Crippen LogP contribution < -0.4 is 10.5 Å². The molecule has 3 rings (SSSR count). The van der Waals surface area contributed by atoms with Crippen LogP contribution in [0.3, 0.4) is 0 Å². The summed E-state index contributed by atoms with van der Waals surface area (Å²) in [6, 6.07) is 0.827. The monoisotopic (exact) mass is 366 g/mol. The maximum absolute atomic E-state index is 12.7. The van der Waals surface area contributed by atoms with E-state index in [4.69, 9.17) is 5.73 Å². The van der Waals surface area contributed by atoms with E-state index in [1.54, 1.807) is 11.7 Å². The molecule has 2 aromatic rings. The van der Waals surface area contributed by atoms with E-state index in [9.17, 15) is 13.2 Å². The van der Waals surface area contributed by atoms with Gasteiger partial charge in [0.25, 0.3) is 5.91 Å². The minimum Gasteiger partial charge on any atom is -0.364 e. The van der Waals surface area contributed by atoms with E-state index in [1.807, 2.05) is 13.8 Å². The molecule has 2 aromatic heterocycles. The molecule has 0 bridgehead atoms. The first-order chi connectivity index (χ1) is 11.7. The Morgan fingerprint density at radius 2 is 2.16 bits per heavy atom. The number of hydrogen-bond donors (Lipinski definition) is 2. The predicted octanol–water partition coefficient (Wildman–Crippen LogP) is 0.652. The van der Waals surface area contributed by atoms with Crippen molar-refractivity contribution >= 4 is 15.9 Å². The summed E-state index contributed by atoms with van der Waals surface area (Å²) >= 11 is 0. The van der Waals surface area contributed by atoms with Crippen LogP contribution in [-0.4, -0.2) is 33.7 Å². The number of carbonyl (C=O) groups is 1. The van der Waals surface area contributed by atoms with Crippen LogP contribution in [0, 0.1) is 0 Å². The molecule has 0 saturated carbocycles. The molecule has 1 aliphatic heterocycles. The average molecular weight is 366 g/mol. The van der Waals surface area contributed by atoms with Gasteiger partial charge in [-0.1, -0.05) is 13.8 Å². The highest BCUT2D eigenvalue weighted by Gasteiger charge is 2.30. The number of rotatable bonds is 5. The Balaban J connectivity index is 1.90. The molecule has 0 aromatic carbocycles. The van der Waals surface area contributed by atoms with Gasteiger partial charge in [-0.15, -0.1) is 0 Å². The fourth-order valence-corrected chi connectivity index (χ4v) is 4.20. The molecule has 0 aliphatic carbocycles. The van der Waals surface area contributed by atoms with Gasteiger partial charge in [0.1, 0.15) is 16.4 Å². The third-order valence-corrected chi connectivity index (χ3v) is 5.69. The van der Waals surface area contributed by atoms with Gasteiger partial charge >= 0.3 is 0 Å². The number of nitrogens with one attached hydrogen (secondary N) is 1. The lowest BCUT2D eigenvalue weighted by atomic mass is 10.1. The topological polar surface area (TPSA) is 125 Å². The molecule has 136 valence electrons. The van der Waals surface area contributed by atoms with Crippen molar-refractivity contribution in [1.29, 1.82) is 0 Å². The van der Waals surface area contributed by atoms with Gasteiger partial charge in [-0.25, -0.2) is 22.8 Å². The van der Waals surface area contributed by atoms with Crippen molar-refractivity contribution in [3.63, 3.8) is 0 Å². The van der Waals surface area contributed by atoms with E-state index in [0.717, 1.165) is 13.0 Å². The average Bonchev–Trinajstić information content (AvgIpc) is 3.11. The molecular formula is C15H22N6O3S. The van der Waals surface area contributed by atoms with Gasteiger partial charge in [0.05, 0.1) is 6.04 Å². The lowest BCUT2D eigenvalue weighted by Crippen LogP contribution is -2.33. The zero-order valence-corrected chi connectivity index (χ0v) is 15.2. The summed E-state index contributed by atoms with van der Waals surface area (Å²) in [5, 5.41) is 4.45. The fraction of sp³-hybridized carbons (Fsp3) is 0.533. The smallest absolute Gasteiger partial charge is 0.265 e. The minimum absolute atomic E-state index is 0.00419. The van der Waals surface area contributed by atoms with E-state index in [2.05, 4.69) is 14.8 Å². The van der Waals surface area contributed by atoms with Crippen molar-refractivity contribution in [2.24, 2.45) is 12.8 Å². The maximum Gasteiger partial charge on any atom is 0.265 e. The van der Waals surface area contributed by atoms with Crippen LogP contribution in [-0.2, 0) is 23.6 Å². The van der Waals surface area contributed by atoms with E-state index in [1.165, 1.54) is 16.8 Å². The second-order valence-electron chi connectivity index (χ2n) is 6.56. The van der Waals surface area contributed by atoms with E-state index < -0.39 is 22.0 Å². The molecule has 0 radical (unpaired) electrons. The van der Waals surface area contributed by atoms with E-state index >= 15 is 0 Å². The molecule has 0 spiro atoms. The Morgan fingerprint density at radius 1 is 1.44 bits per heavy atom. The Bertz CT molecular complexity index is 912. The number of primary amides is 1. The van der Waals surface area contributed by atoms with E-state index in [0.29, 0.717) is 18.1 Å². The summed E-state index contributed by atoms with van der Waals surface area (Å²) in [4.78, 5) is 15.9. The summed E-state index contributed by atoms with van der Waals surface area (Å²) in [5.41, 5.74) is 5.39. The second kappa shape index (κ2) is 6.26. The van der Waals surface area contributed by atoms with Gasteiger partial charge < -0.3 is 10.3 Å².